The molecule has 21 heavy (non-hydrogen) atoms. The van der Waals surface area contributed by atoms with E-state index in [1.807, 2.05) is 4.90 Å². The largest absolute Gasteiger partial charge is 0.318 e. The summed E-state index contributed by atoms with van der Waals surface area (Å²) in [5, 5.41) is 7.76. The first-order chi connectivity index (χ1) is 9.90. The third-order valence-electron chi connectivity index (χ3n) is 3.86. The van der Waals surface area contributed by atoms with E-state index >= 15 is 0 Å². The van der Waals surface area contributed by atoms with E-state index in [-0.39, 0.29) is 24.2 Å². The molecule has 1 aromatic heterocycles. The van der Waals surface area contributed by atoms with Gasteiger partial charge in [0.05, 0.1) is 6.04 Å². The van der Waals surface area contributed by atoms with Crippen molar-refractivity contribution in [1.82, 2.24) is 15.1 Å². The number of carbonyl (C=O) groups is 1. The second kappa shape index (κ2) is 6.90. The van der Waals surface area contributed by atoms with E-state index in [0.29, 0.717) is 5.92 Å². The summed E-state index contributed by atoms with van der Waals surface area (Å²) in [5.74, 6) is 0.757. The van der Waals surface area contributed by atoms with Crippen molar-refractivity contribution in [3.8, 4) is 0 Å². The minimum atomic E-state index is -0.0560. The molecule has 0 bridgehead atoms. The minimum Gasteiger partial charge on any atom is -0.318 e. The Balaban J connectivity index is 2.21. The highest BCUT2D eigenvalue weighted by atomic mass is 32.1. The monoisotopic (exact) mass is 309 g/mol. The van der Waals surface area contributed by atoms with E-state index in [0.717, 1.165) is 13.0 Å². The predicted octanol–water partition coefficient (Wildman–Crippen LogP) is 2.54. The van der Waals surface area contributed by atoms with E-state index < -0.39 is 0 Å². The Hall–Kier alpha value is -0.910. The van der Waals surface area contributed by atoms with Gasteiger partial charge in [0, 0.05) is 12.6 Å². The molecule has 1 N–H and O–H groups in total. The molecule has 2 rings (SSSR count). The molecule has 1 fully saturated rings. The molecule has 3 unspecified atom stereocenters. The molecule has 1 aliphatic rings. The van der Waals surface area contributed by atoms with E-state index in [2.05, 4.69) is 61.9 Å². The summed E-state index contributed by atoms with van der Waals surface area (Å²) in [6, 6.07) is 2.25. The van der Waals surface area contributed by atoms with Crippen LogP contribution in [0.25, 0.3) is 0 Å². The average molecular weight is 309 g/mol. The first-order valence-electron chi connectivity index (χ1n) is 7.65. The Labute approximate surface area is 132 Å². The van der Waals surface area contributed by atoms with Crippen molar-refractivity contribution in [1.29, 1.82) is 0 Å². The van der Waals surface area contributed by atoms with Gasteiger partial charge in [-0.1, -0.05) is 13.8 Å². The fourth-order valence-corrected chi connectivity index (χ4v) is 3.74. The van der Waals surface area contributed by atoms with Crippen molar-refractivity contribution in [2.45, 2.75) is 45.4 Å². The van der Waals surface area contributed by atoms with Crippen LogP contribution in [0.5, 0.6) is 0 Å². The third-order valence-corrected chi connectivity index (χ3v) is 4.56. The molecule has 1 amide bonds. The zero-order chi connectivity index (χ0) is 15.6. The smallest absolute Gasteiger partial charge is 0.241 e. The zero-order valence-corrected chi connectivity index (χ0v) is 14.5. The highest BCUT2D eigenvalue weighted by Gasteiger charge is 2.42. The molecular weight excluding hydrogens is 282 g/mol. The molecule has 118 valence electrons. The number of nitrogens with zero attached hydrogens (tertiary/aromatic N) is 2. The van der Waals surface area contributed by atoms with Gasteiger partial charge in [-0.15, -0.1) is 0 Å². The van der Waals surface area contributed by atoms with Gasteiger partial charge in [0.25, 0.3) is 0 Å². The number of thiophene rings is 1. The van der Waals surface area contributed by atoms with Crippen LogP contribution in [0.2, 0.25) is 0 Å². The van der Waals surface area contributed by atoms with Gasteiger partial charge < -0.3 is 9.80 Å². The highest BCUT2D eigenvalue weighted by Crippen LogP contribution is 2.31. The second-order valence-electron chi connectivity index (χ2n) is 6.66. The molecule has 5 heteroatoms. The summed E-state index contributed by atoms with van der Waals surface area (Å²) < 4.78 is 0. The summed E-state index contributed by atoms with van der Waals surface area (Å²) in [5.41, 5.74) is 1.20. The van der Waals surface area contributed by atoms with Crippen molar-refractivity contribution in [3.05, 3.63) is 22.4 Å². The zero-order valence-electron chi connectivity index (χ0n) is 13.7. The van der Waals surface area contributed by atoms with Crippen LogP contribution < -0.4 is 5.32 Å². The maximum atomic E-state index is 12.8. The molecule has 2 heterocycles. The van der Waals surface area contributed by atoms with Crippen molar-refractivity contribution >= 4 is 17.2 Å². The normalized spacial score (nSPS) is 24.3. The lowest BCUT2D eigenvalue weighted by Crippen LogP contribution is -2.43. The lowest BCUT2D eigenvalue weighted by molar-refractivity contribution is -0.132. The SMILES string of the molecule is CC(C)CC1NC(c2ccsc2)N(C(C)CN(C)C)C1=O. The maximum absolute atomic E-state index is 12.8. The van der Waals surface area contributed by atoms with E-state index in [4.69, 9.17) is 0 Å². The Bertz CT molecular complexity index is 458. The number of hydrogen-bond donors (Lipinski definition) is 1. The number of nitrogens with one attached hydrogen (secondary N) is 1. The molecule has 0 radical (unpaired) electrons. The van der Waals surface area contributed by atoms with Gasteiger partial charge in [-0.3, -0.25) is 10.1 Å². The fraction of sp³-hybridized carbons (Fsp3) is 0.688. The number of hydrogen-bond acceptors (Lipinski definition) is 4. The molecule has 0 aliphatic carbocycles. The van der Waals surface area contributed by atoms with Crippen molar-refractivity contribution in [2.24, 2.45) is 5.92 Å². The summed E-state index contributed by atoms with van der Waals surface area (Å²) in [6.45, 7) is 7.35. The lowest BCUT2D eigenvalue weighted by Gasteiger charge is -2.31. The highest BCUT2D eigenvalue weighted by molar-refractivity contribution is 7.07. The van der Waals surface area contributed by atoms with E-state index in [1.54, 1.807) is 11.3 Å². The summed E-state index contributed by atoms with van der Waals surface area (Å²) >= 11 is 1.68. The molecule has 1 aliphatic heterocycles. The van der Waals surface area contributed by atoms with Crippen LogP contribution in [0.4, 0.5) is 0 Å². The van der Waals surface area contributed by atoms with Gasteiger partial charge in [-0.2, -0.15) is 11.3 Å². The first-order valence-corrected chi connectivity index (χ1v) is 8.59. The molecule has 0 spiro atoms. The molecule has 3 atom stereocenters. The Morgan fingerprint density at radius 2 is 2.10 bits per heavy atom. The van der Waals surface area contributed by atoms with E-state index in [9.17, 15) is 4.79 Å². The Morgan fingerprint density at radius 1 is 1.38 bits per heavy atom. The van der Waals surface area contributed by atoms with Crippen LogP contribution in [0, 0.1) is 5.92 Å². The average Bonchev–Trinajstić information content (AvgIpc) is 2.96. The number of rotatable bonds is 6. The van der Waals surface area contributed by atoms with Gasteiger partial charge in [0.2, 0.25) is 5.91 Å². The maximum Gasteiger partial charge on any atom is 0.241 e. The molecule has 0 aromatic carbocycles. The van der Waals surface area contributed by atoms with Gasteiger partial charge in [0.1, 0.15) is 6.17 Å². The Morgan fingerprint density at radius 3 is 2.62 bits per heavy atom. The van der Waals surface area contributed by atoms with E-state index in [1.165, 1.54) is 5.56 Å². The molecular formula is C16H27N3OS. The van der Waals surface area contributed by atoms with Crippen LogP contribution >= 0.6 is 11.3 Å². The summed E-state index contributed by atoms with van der Waals surface area (Å²) in [7, 11) is 4.10. The predicted molar refractivity (Wildman–Crippen MR) is 88.3 cm³/mol. The number of carbonyl (C=O) groups excluding carboxylic acids is 1. The molecule has 1 aromatic rings. The van der Waals surface area contributed by atoms with Crippen LogP contribution in [0.15, 0.2) is 16.8 Å². The summed E-state index contributed by atoms with van der Waals surface area (Å²) in [4.78, 5) is 17.0. The number of likely N-dealkylation sites (N-methyl/N-ethyl adjacent to an activating group) is 1. The first kappa shape index (κ1) is 16.5. The minimum absolute atomic E-state index is 0.0162. The van der Waals surface area contributed by atoms with Crippen LogP contribution in [0.3, 0.4) is 0 Å². The Kier molecular flexibility index (Phi) is 5.41. The third kappa shape index (κ3) is 3.84. The van der Waals surface area contributed by atoms with Crippen molar-refractivity contribution in [3.63, 3.8) is 0 Å². The fourth-order valence-electron chi connectivity index (χ4n) is 3.07. The van der Waals surface area contributed by atoms with Gasteiger partial charge in [-0.25, -0.2) is 0 Å². The topological polar surface area (TPSA) is 35.6 Å². The lowest BCUT2D eigenvalue weighted by atomic mass is 10.0. The van der Waals surface area contributed by atoms with Gasteiger partial charge in [0.15, 0.2) is 0 Å². The van der Waals surface area contributed by atoms with Gasteiger partial charge in [-0.05, 0) is 55.7 Å². The van der Waals surface area contributed by atoms with Crippen molar-refractivity contribution in [2.75, 3.05) is 20.6 Å². The van der Waals surface area contributed by atoms with Crippen molar-refractivity contribution < 1.29 is 4.79 Å². The number of amides is 1. The van der Waals surface area contributed by atoms with Gasteiger partial charge >= 0.3 is 0 Å². The van der Waals surface area contributed by atoms with Crippen LogP contribution in [-0.2, 0) is 4.79 Å². The molecule has 1 saturated heterocycles. The van der Waals surface area contributed by atoms with Crippen LogP contribution in [0.1, 0.15) is 38.9 Å². The standard InChI is InChI=1S/C16H27N3OS/c1-11(2)8-14-16(20)19(12(3)9-18(4)5)15(17-14)13-6-7-21-10-13/h6-7,10-12,14-15,17H,8-9H2,1-5H3. The quantitative estimate of drug-likeness (QED) is 0.877. The molecule has 0 saturated carbocycles. The molecule has 4 nitrogen and oxygen atoms in total. The second-order valence-corrected chi connectivity index (χ2v) is 7.44. The summed E-state index contributed by atoms with van der Waals surface area (Å²) in [6.07, 6.45) is 0.910. The van der Waals surface area contributed by atoms with Crippen LogP contribution in [-0.4, -0.2) is 48.4 Å².